The summed E-state index contributed by atoms with van der Waals surface area (Å²) in [5.41, 5.74) is 1.10. The zero-order chi connectivity index (χ0) is 20.4. The number of benzene rings is 1. The maximum atomic E-state index is 12.9. The number of methoxy groups -OCH3 is 2. The molecule has 2 rings (SSSR count). The third-order valence-corrected chi connectivity index (χ3v) is 4.58. The molecule has 1 N–H and O–H groups in total. The summed E-state index contributed by atoms with van der Waals surface area (Å²) >= 11 is 0. The van der Waals surface area contributed by atoms with E-state index in [4.69, 9.17) is 9.47 Å². The fraction of sp³-hybridized carbons (Fsp3) is 0.550. The molecule has 0 unspecified atom stereocenters. The molecule has 0 bridgehead atoms. The van der Waals surface area contributed by atoms with Crippen LogP contribution in [0.5, 0.6) is 0 Å². The third-order valence-electron chi connectivity index (χ3n) is 4.58. The van der Waals surface area contributed by atoms with E-state index in [9.17, 15) is 14.4 Å². The number of carbonyl (C=O) groups excluding carboxylic acids is 3. The summed E-state index contributed by atoms with van der Waals surface area (Å²) in [5.74, 6) is -0.206. The minimum atomic E-state index is -0.161. The molecular formula is C20H29N3O5. The van der Waals surface area contributed by atoms with Gasteiger partial charge >= 0.3 is 0 Å². The van der Waals surface area contributed by atoms with E-state index in [1.807, 2.05) is 0 Å². The van der Waals surface area contributed by atoms with Gasteiger partial charge in [0.15, 0.2) is 0 Å². The summed E-state index contributed by atoms with van der Waals surface area (Å²) < 4.78 is 9.86. The summed E-state index contributed by atoms with van der Waals surface area (Å²) in [6.07, 6.45) is 1.35. The Kier molecular flexibility index (Phi) is 8.90. The number of hydrogen-bond acceptors (Lipinski definition) is 5. The van der Waals surface area contributed by atoms with Crippen molar-refractivity contribution in [2.24, 2.45) is 0 Å². The van der Waals surface area contributed by atoms with E-state index in [1.165, 1.54) is 0 Å². The Hall–Kier alpha value is -2.45. The first-order valence-corrected chi connectivity index (χ1v) is 9.50. The van der Waals surface area contributed by atoms with Crippen LogP contribution in [0.25, 0.3) is 0 Å². The molecule has 28 heavy (non-hydrogen) atoms. The zero-order valence-corrected chi connectivity index (χ0v) is 16.6. The molecule has 0 spiro atoms. The van der Waals surface area contributed by atoms with Gasteiger partial charge in [0.05, 0.1) is 26.1 Å². The number of rotatable bonds is 8. The van der Waals surface area contributed by atoms with E-state index < -0.39 is 0 Å². The predicted molar refractivity (Wildman–Crippen MR) is 105 cm³/mol. The van der Waals surface area contributed by atoms with E-state index in [0.717, 1.165) is 6.42 Å². The first-order valence-electron chi connectivity index (χ1n) is 9.50. The van der Waals surface area contributed by atoms with Gasteiger partial charge in [0.2, 0.25) is 11.8 Å². The summed E-state index contributed by atoms with van der Waals surface area (Å²) in [4.78, 5) is 40.4. The maximum Gasteiger partial charge on any atom is 0.253 e. The summed E-state index contributed by atoms with van der Waals surface area (Å²) in [6, 6.07) is 6.91. The average molecular weight is 391 g/mol. The lowest BCUT2D eigenvalue weighted by Crippen LogP contribution is -2.37. The molecule has 154 valence electrons. The second-order valence-corrected chi connectivity index (χ2v) is 6.64. The second kappa shape index (κ2) is 11.4. The first kappa shape index (κ1) is 21.8. The highest BCUT2D eigenvalue weighted by Crippen LogP contribution is 2.15. The van der Waals surface area contributed by atoms with Crippen molar-refractivity contribution in [3.05, 3.63) is 29.8 Å². The molecule has 0 atom stereocenters. The van der Waals surface area contributed by atoms with Gasteiger partial charge in [-0.25, -0.2) is 0 Å². The van der Waals surface area contributed by atoms with Crippen molar-refractivity contribution in [1.82, 2.24) is 9.80 Å². The molecule has 0 saturated carbocycles. The lowest BCUT2D eigenvalue weighted by atomic mass is 10.1. The fourth-order valence-corrected chi connectivity index (χ4v) is 3.05. The van der Waals surface area contributed by atoms with Gasteiger partial charge in [0.25, 0.3) is 5.91 Å². The molecule has 1 aliphatic heterocycles. The molecule has 1 saturated heterocycles. The Bertz CT molecular complexity index is 680. The van der Waals surface area contributed by atoms with Gasteiger partial charge in [-0.05, 0) is 24.6 Å². The standard InChI is InChI=1S/C20H29N3O5/c1-27-13-7-18(24)21-17-6-3-5-16(15-17)20(26)23-10-4-9-22(11-12-23)19(25)8-14-28-2/h3,5-6,15H,4,7-14H2,1-2H3,(H,21,24). The molecular weight excluding hydrogens is 362 g/mol. The van der Waals surface area contributed by atoms with E-state index >= 15 is 0 Å². The number of nitrogens with one attached hydrogen (secondary N) is 1. The van der Waals surface area contributed by atoms with Crippen molar-refractivity contribution in [3.63, 3.8) is 0 Å². The van der Waals surface area contributed by atoms with Crippen LogP contribution in [0.4, 0.5) is 5.69 Å². The van der Waals surface area contributed by atoms with Crippen LogP contribution in [-0.4, -0.2) is 81.1 Å². The molecule has 1 aromatic carbocycles. The topological polar surface area (TPSA) is 88.2 Å². The van der Waals surface area contributed by atoms with E-state index in [0.29, 0.717) is 57.1 Å². The Balaban J connectivity index is 1.95. The van der Waals surface area contributed by atoms with Crippen LogP contribution < -0.4 is 5.32 Å². The van der Waals surface area contributed by atoms with Crippen LogP contribution in [0.3, 0.4) is 0 Å². The first-order chi connectivity index (χ1) is 13.5. The van der Waals surface area contributed by atoms with Crippen molar-refractivity contribution in [2.75, 3.05) is 58.9 Å². The summed E-state index contributed by atoms with van der Waals surface area (Å²) in [5, 5.41) is 2.77. The molecule has 1 heterocycles. The lowest BCUT2D eigenvalue weighted by molar-refractivity contribution is -0.132. The number of amides is 3. The highest BCUT2D eigenvalue weighted by molar-refractivity contribution is 5.97. The number of carbonyl (C=O) groups is 3. The molecule has 0 radical (unpaired) electrons. The SMILES string of the molecule is COCCC(=O)Nc1cccc(C(=O)N2CCCN(C(=O)CCOC)CC2)c1. The van der Waals surface area contributed by atoms with Gasteiger partial charge in [-0.3, -0.25) is 14.4 Å². The van der Waals surface area contributed by atoms with Crippen molar-refractivity contribution in [2.45, 2.75) is 19.3 Å². The van der Waals surface area contributed by atoms with Gasteiger partial charge in [0.1, 0.15) is 0 Å². The number of ether oxygens (including phenoxy) is 2. The fourth-order valence-electron chi connectivity index (χ4n) is 3.05. The van der Waals surface area contributed by atoms with Gasteiger partial charge < -0.3 is 24.6 Å². The van der Waals surface area contributed by atoms with Crippen LogP contribution in [0.15, 0.2) is 24.3 Å². The van der Waals surface area contributed by atoms with Crippen LogP contribution in [0.1, 0.15) is 29.6 Å². The van der Waals surface area contributed by atoms with Gasteiger partial charge in [-0.2, -0.15) is 0 Å². The van der Waals surface area contributed by atoms with Crippen molar-refractivity contribution in [1.29, 1.82) is 0 Å². The smallest absolute Gasteiger partial charge is 0.253 e. The molecule has 0 aliphatic carbocycles. The van der Waals surface area contributed by atoms with E-state index in [-0.39, 0.29) is 24.1 Å². The minimum Gasteiger partial charge on any atom is -0.384 e. The number of hydrogen-bond donors (Lipinski definition) is 1. The normalized spacial score (nSPS) is 14.5. The highest BCUT2D eigenvalue weighted by atomic mass is 16.5. The van der Waals surface area contributed by atoms with E-state index in [1.54, 1.807) is 48.3 Å². The minimum absolute atomic E-state index is 0.0527. The van der Waals surface area contributed by atoms with Crippen LogP contribution in [-0.2, 0) is 19.1 Å². The molecule has 1 aromatic rings. The number of anilines is 1. The van der Waals surface area contributed by atoms with Crippen LogP contribution in [0, 0.1) is 0 Å². The average Bonchev–Trinajstić information content (AvgIpc) is 2.96. The zero-order valence-electron chi connectivity index (χ0n) is 16.6. The second-order valence-electron chi connectivity index (χ2n) is 6.64. The Labute approximate surface area is 165 Å². The Morgan fingerprint density at radius 2 is 1.64 bits per heavy atom. The van der Waals surface area contributed by atoms with E-state index in [2.05, 4.69) is 5.32 Å². The maximum absolute atomic E-state index is 12.9. The molecule has 1 fully saturated rings. The largest absolute Gasteiger partial charge is 0.384 e. The Morgan fingerprint density at radius 3 is 2.39 bits per heavy atom. The van der Waals surface area contributed by atoms with Gasteiger partial charge in [-0.15, -0.1) is 0 Å². The Morgan fingerprint density at radius 1 is 0.964 bits per heavy atom. The lowest BCUT2D eigenvalue weighted by Gasteiger charge is -2.22. The number of nitrogens with zero attached hydrogens (tertiary/aromatic N) is 2. The summed E-state index contributed by atoms with van der Waals surface area (Å²) in [6.45, 7) is 2.99. The molecule has 1 aliphatic rings. The van der Waals surface area contributed by atoms with Gasteiger partial charge in [-0.1, -0.05) is 6.07 Å². The third kappa shape index (κ3) is 6.61. The predicted octanol–water partition coefficient (Wildman–Crippen LogP) is 1.37. The quantitative estimate of drug-likeness (QED) is 0.723. The molecule has 3 amide bonds. The highest BCUT2D eigenvalue weighted by Gasteiger charge is 2.22. The van der Waals surface area contributed by atoms with Gasteiger partial charge in [0, 0.05) is 51.6 Å². The summed E-state index contributed by atoms with van der Waals surface area (Å²) in [7, 11) is 3.12. The molecule has 8 nitrogen and oxygen atoms in total. The van der Waals surface area contributed by atoms with Crippen LogP contribution in [0.2, 0.25) is 0 Å². The van der Waals surface area contributed by atoms with Crippen molar-refractivity contribution >= 4 is 23.4 Å². The monoisotopic (exact) mass is 391 g/mol. The van der Waals surface area contributed by atoms with Crippen molar-refractivity contribution in [3.8, 4) is 0 Å². The van der Waals surface area contributed by atoms with Crippen LogP contribution >= 0.6 is 0 Å². The van der Waals surface area contributed by atoms with Crippen molar-refractivity contribution < 1.29 is 23.9 Å². The molecule has 0 aromatic heterocycles. The molecule has 8 heteroatoms.